The van der Waals surface area contributed by atoms with E-state index in [1.165, 1.54) is 89.9 Å². The normalized spacial score (nSPS) is 18.7. The van der Waals surface area contributed by atoms with Gasteiger partial charge in [-0.15, -0.1) is 0 Å². The second-order valence-corrected chi connectivity index (χ2v) is 20.3. The summed E-state index contributed by atoms with van der Waals surface area (Å²) in [7, 11) is 0. The maximum atomic E-state index is 13.1. The van der Waals surface area contributed by atoms with E-state index in [1.54, 1.807) is 0 Å². The monoisotopic (exact) mass is 1050 g/mol. The molecule has 0 aromatic heterocycles. The molecule has 6 unspecified atom stereocenters. The van der Waals surface area contributed by atoms with Crippen LogP contribution < -0.4 is 0 Å². The summed E-state index contributed by atoms with van der Waals surface area (Å²) in [6, 6.07) is 0. The van der Waals surface area contributed by atoms with Crippen LogP contribution in [0.3, 0.4) is 0 Å². The molecule has 3 N–H and O–H groups in total. The van der Waals surface area contributed by atoms with Gasteiger partial charge in [0.05, 0.1) is 6.61 Å². The Labute approximate surface area is 455 Å². The van der Waals surface area contributed by atoms with Gasteiger partial charge in [-0.3, -0.25) is 14.4 Å². The second-order valence-electron chi connectivity index (χ2n) is 20.3. The highest BCUT2D eigenvalue weighted by molar-refractivity contribution is 5.74. The molecule has 0 aromatic carbocycles. The smallest absolute Gasteiger partial charge is 0.335 e. The average Bonchev–Trinajstić information content (AvgIpc) is 3.39. The summed E-state index contributed by atoms with van der Waals surface area (Å²) in [5, 5.41) is 31.5. The van der Waals surface area contributed by atoms with E-state index in [0.717, 1.165) is 96.3 Å². The molecule has 1 saturated heterocycles. The fraction of sp³-hybridized carbons (Fsp3) is 0.746. The number of unbranched alkanes of at least 4 members (excludes halogenated alkanes) is 24. The Kier molecular flexibility index (Phi) is 47.0. The molecule has 6 atom stereocenters. The van der Waals surface area contributed by atoms with Gasteiger partial charge in [0.2, 0.25) is 0 Å². The molecule has 1 fully saturated rings. The van der Waals surface area contributed by atoms with Crippen molar-refractivity contribution in [3.05, 3.63) is 72.9 Å². The number of esters is 3. The third-order valence-electron chi connectivity index (χ3n) is 13.3. The molecule has 75 heavy (non-hydrogen) atoms. The Morgan fingerprint density at radius 1 is 0.453 bits per heavy atom. The van der Waals surface area contributed by atoms with Gasteiger partial charge in [0, 0.05) is 19.3 Å². The number of carbonyl (C=O) groups excluding carboxylic acids is 3. The largest absolute Gasteiger partial charge is 0.479 e. The van der Waals surface area contributed by atoms with Crippen molar-refractivity contribution in [2.75, 3.05) is 13.2 Å². The third kappa shape index (κ3) is 41.0. The Balaban J connectivity index is 2.73. The van der Waals surface area contributed by atoms with E-state index in [2.05, 4.69) is 87.6 Å². The zero-order valence-electron chi connectivity index (χ0n) is 47.3. The number of hydrogen-bond acceptors (Lipinski definition) is 11. The van der Waals surface area contributed by atoms with Gasteiger partial charge < -0.3 is 39.0 Å². The summed E-state index contributed by atoms with van der Waals surface area (Å²) in [5.74, 6) is -3.20. The van der Waals surface area contributed by atoms with Crippen LogP contribution in [-0.2, 0) is 42.9 Å². The first-order valence-electron chi connectivity index (χ1n) is 29.9. The fourth-order valence-corrected chi connectivity index (χ4v) is 8.69. The molecule has 1 aliphatic heterocycles. The minimum atomic E-state index is -1.91. The highest BCUT2D eigenvalue weighted by atomic mass is 16.7. The fourth-order valence-electron chi connectivity index (χ4n) is 8.69. The van der Waals surface area contributed by atoms with Crippen molar-refractivity contribution in [2.24, 2.45) is 0 Å². The number of carboxylic acid groups (broad SMARTS) is 1. The quantitative estimate of drug-likeness (QED) is 0.0228. The van der Waals surface area contributed by atoms with E-state index in [1.807, 2.05) is 6.08 Å². The lowest BCUT2D eigenvalue weighted by Crippen LogP contribution is -2.61. The molecule has 12 nitrogen and oxygen atoms in total. The standard InChI is InChI=1S/C63H106O12/c1-4-7-10-13-16-19-22-25-27-28-30-32-34-37-40-43-46-49-55(64)71-52-54(73-56(65)50-47-44-41-38-36-33-29-26-23-20-17-14-11-8-5-2)53-72-63-61(59(68)58(67)60(75-63)62(69)70)74-57(66)51-48-45-42-39-35-31-24-21-18-15-12-9-6-3/h7,10,16,19,25-27,29-30,32,37,40,54,58-61,63,67-68H,4-6,8-9,11-15,17-18,20-24,28,31,33-36,38-39,41-53H2,1-3H3,(H,69,70)/b10-7-,19-16-,27-25-,29-26-,32-30-,40-37-. The van der Waals surface area contributed by atoms with E-state index in [0.29, 0.717) is 25.7 Å². The summed E-state index contributed by atoms with van der Waals surface area (Å²) in [6.45, 7) is 5.82. The summed E-state index contributed by atoms with van der Waals surface area (Å²) in [6.07, 6.45) is 51.6. The van der Waals surface area contributed by atoms with Gasteiger partial charge >= 0.3 is 23.9 Å². The SMILES string of the molecule is CC/C=C\C/C=C\C/C=C\C/C=C\C/C=C\CCCC(=O)OCC(COC1OC(C(=O)O)C(O)C(O)C1OC(=O)CCCCCCCCCCCCCCC)OC(=O)CCCCCCC/C=C\CCCCCCCC. The van der Waals surface area contributed by atoms with E-state index >= 15 is 0 Å². The predicted molar refractivity (Wildman–Crippen MR) is 303 cm³/mol. The number of rotatable bonds is 50. The van der Waals surface area contributed by atoms with Crippen LogP contribution in [0.2, 0.25) is 0 Å². The molecular weight excluding hydrogens is 949 g/mol. The second kappa shape index (κ2) is 50.9. The number of carbonyl (C=O) groups is 4. The van der Waals surface area contributed by atoms with Crippen molar-refractivity contribution in [2.45, 2.75) is 289 Å². The van der Waals surface area contributed by atoms with Crippen LogP contribution in [0.4, 0.5) is 0 Å². The van der Waals surface area contributed by atoms with Crippen molar-refractivity contribution in [3.63, 3.8) is 0 Å². The molecule has 0 spiro atoms. The summed E-state index contributed by atoms with van der Waals surface area (Å²) < 4.78 is 28.4. The van der Waals surface area contributed by atoms with Crippen molar-refractivity contribution in [3.8, 4) is 0 Å². The average molecular weight is 1060 g/mol. The molecule has 0 saturated carbocycles. The zero-order valence-corrected chi connectivity index (χ0v) is 47.3. The van der Waals surface area contributed by atoms with Crippen LogP contribution >= 0.6 is 0 Å². The number of allylic oxidation sites excluding steroid dienone is 12. The molecule has 1 aliphatic rings. The van der Waals surface area contributed by atoms with E-state index in [-0.39, 0.29) is 25.9 Å². The molecule has 12 heteroatoms. The Bertz CT molecular complexity index is 1580. The first-order valence-corrected chi connectivity index (χ1v) is 29.9. The first kappa shape index (κ1) is 69.2. The lowest BCUT2D eigenvalue weighted by molar-refractivity contribution is -0.301. The van der Waals surface area contributed by atoms with Gasteiger partial charge in [-0.1, -0.05) is 222 Å². The minimum Gasteiger partial charge on any atom is -0.479 e. The number of aliphatic hydroxyl groups excluding tert-OH is 2. The molecule has 430 valence electrons. The van der Waals surface area contributed by atoms with Gasteiger partial charge in [0.1, 0.15) is 18.8 Å². The Morgan fingerprint density at radius 2 is 0.853 bits per heavy atom. The summed E-state index contributed by atoms with van der Waals surface area (Å²) in [5.41, 5.74) is 0. The van der Waals surface area contributed by atoms with Crippen LogP contribution in [0.1, 0.15) is 252 Å². The topological polar surface area (TPSA) is 175 Å². The number of hydrogen-bond donors (Lipinski definition) is 3. The van der Waals surface area contributed by atoms with E-state index in [4.69, 9.17) is 23.7 Å². The van der Waals surface area contributed by atoms with Gasteiger partial charge in [-0.05, 0) is 83.5 Å². The molecule has 1 rings (SSSR count). The van der Waals surface area contributed by atoms with Gasteiger partial charge in [-0.25, -0.2) is 4.79 Å². The Morgan fingerprint density at radius 3 is 1.33 bits per heavy atom. The highest BCUT2D eigenvalue weighted by Gasteiger charge is 2.50. The van der Waals surface area contributed by atoms with Crippen molar-refractivity contribution in [1.82, 2.24) is 0 Å². The minimum absolute atomic E-state index is 0.0553. The van der Waals surface area contributed by atoms with Crippen LogP contribution in [0.5, 0.6) is 0 Å². The summed E-state index contributed by atoms with van der Waals surface area (Å²) in [4.78, 5) is 51.1. The van der Waals surface area contributed by atoms with Crippen LogP contribution in [0.25, 0.3) is 0 Å². The van der Waals surface area contributed by atoms with Crippen LogP contribution in [0, 0.1) is 0 Å². The van der Waals surface area contributed by atoms with E-state index < -0.39 is 67.3 Å². The van der Waals surface area contributed by atoms with Gasteiger partial charge in [0.15, 0.2) is 24.6 Å². The maximum absolute atomic E-state index is 13.1. The molecular formula is C63H106O12. The molecule has 0 aliphatic carbocycles. The lowest BCUT2D eigenvalue weighted by Gasteiger charge is -2.40. The molecule has 0 amide bonds. The third-order valence-corrected chi connectivity index (χ3v) is 13.3. The number of ether oxygens (including phenoxy) is 5. The van der Waals surface area contributed by atoms with Crippen molar-refractivity contribution in [1.29, 1.82) is 0 Å². The molecule has 0 radical (unpaired) electrons. The Hall–Kier alpha value is -3.84. The van der Waals surface area contributed by atoms with E-state index in [9.17, 15) is 34.5 Å². The zero-order chi connectivity index (χ0) is 54.7. The highest BCUT2D eigenvalue weighted by Crippen LogP contribution is 2.26. The van der Waals surface area contributed by atoms with Crippen LogP contribution in [-0.4, -0.2) is 89.2 Å². The number of aliphatic carboxylic acids is 1. The lowest BCUT2D eigenvalue weighted by atomic mass is 9.98. The number of carboxylic acids is 1. The molecule has 0 bridgehead atoms. The molecule has 0 aromatic rings. The first-order chi connectivity index (χ1) is 36.6. The van der Waals surface area contributed by atoms with Gasteiger partial charge in [-0.2, -0.15) is 0 Å². The number of aliphatic hydroxyl groups is 2. The summed E-state index contributed by atoms with van der Waals surface area (Å²) >= 11 is 0. The molecule has 1 heterocycles. The van der Waals surface area contributed by atoms with Gasteiger partial charge in [0.25, 0.3) is 0 Å². The maximum Gasteiger partial charge on any atom is 0.335 e. The predicted octanol–water partition coefficient (Wildman–Crippen LogP) is 15.3. The van der Waals surface area contributed by atoms with Crippen molar-refractivity contribution < 1.29 is 58.2 Å². The van der Waals surface area contributed by atoms with Crippen molar-refractivity contribution >= 4 is 23.9 Å². The van der Waals surface area contributed by atoms with Crippen LogP contribution in [0.15, 0.2) is 72.9 Å².